The van der Waals surface area contributed by atoms with Crippen molar-refractivity contribution in [1.29, 1.82) is 0 Å². The van der Waals surface area contributed by atoms with Crippen molar-refractivity contribution in [3.8, 4) is 5.82 Å². The smallest absolute Gasteiger partial charge is 0.417 e. The molecule has 2 unspecified atom stereocenters. The highest BCUT2D eigenvalue weighted by Crippen LogP contribution is 2.34. The zero-order valence-electron chi connectivity index (χ0n) is 23.5. The molecule has 2 aliphatic rings. The van der Waals surface area contributed by atoms with E-state index in [0.29, 0.717) is 48.6 Å². The fourth-order valence-electron chi connectivity index (χ4n) is 6.01. The summed E-state index contributed by atoms with van der Waals surface area (Å²) < 4.78 is 58.8. The number of benzene rings is 1. The number of nitrogens with one attached hydrogen (secondary N) is 1. The second-order valence-corrected chi connectivity index (χ2v) is 10.9. The molecule has 2 aromatic heterocycles. The van der Waals surface area contributed by atoms with E-state index in [0.717, 1.165) is 25.4 Å². The van der Waals surface area contributed by atoms with Gasteiger partial charge in [-0.2, -0.15) is 18.3 Å². The highest BCUT2D eigenvalue weighted by atomic mass is 19.4. The van der Waals surface area contributed by atoms with Gasteiger partial charge in [0.25, 0.3) is 5.91 Å². The van der Waals surface area contributed by atoms with Gasteiger partial charge in [0.2, 0.25) is 0 Å². The number of amides is 2. The number of aromatic nitrogens is 3. The first kappa shape index (κ1) is 29.5. The van der Waals surface area contributed by atoms with Gasteiger partial charge in [0, 0.05) is 38.9 Å². The van der Waals surface area contributed by atoms with Crippen LogP contribution in [0.4, 0.5) is 22.4 Å². The molecule has 0 saturated carbocycles. The van der Waals surface area contributed by atoms with Gasteiger partial charge in [0.05, 0.1) is 35.7 Å². The number of nitrogens with zero attached hydrogens (tertiary/aromatic N) is 5. The van der Waals surface area contributed by atoms with Crippen molar-refractivity contribution in [2.75, 3.05) is 39.8 Å². The van der Waals surface area contributed by atoms with Crippen molar-refractivity contribution in [3.05, 3.63) is 76.5 Å². The number of alkyl carbamates (subject to hydrolysis) is 1. The van der Waals surface area contributed by atoms with Crippen LogP contribution in [-0.4, -0.2) is 76.4 Å². The SMILES string of the molecule is COC(=O)NC(CCN1CC2CN(C(=O)c3c(C)nn(-c4ccc(C(F)(F)F)cn4)c3C)C[C@@H]2C1)c1cccc(F)c1. The Morgan fingerprint density at radius 3 is 2.40 bits per heavy atom. The number of carbonyl (C=O) groups excluding carboxylic acids is 2. The summed E-state index contributed by atoms with van der Waals surface area (Å²) in [5, 5.41) is 7.19. The summed E-state index contributed by atoms with van der Waals surface area (Å²) in [6.45, 7) is 6.83. The molecule has 2 amide bonds. The number of methoxy groups -OCH3 is 1. The van der Waals surface area contributed by atoms with Crippen LogP contribution in [0.25, 0.3) is 5.82 Å². The molecule has 2 saturated heterocycles. The summed E-state index contributed by atoms with van der Waals surface area (Å²) in [7, 11) is 1.28. The van der Waals surface area contributed by atoms with E-state index in [9.17, 15) is 27.2 Å². The fraction of sp³-hybridized carbons (Fsp3) is 0.448. The van der Waals surface area contributed by atoms with Crippen LogP contribution in [-0.2, 0) is 10.9 Å². The molecule has 4 heterocycles. The number of alkyl halides is 3. The summed E-state index contributed by atoms with van der Waals surface area (Å²) in [5.74, 6) is 0.230. The summed E-state index contributed by atoms with van der Waals surface area (Å²) in [5.41, 5.74) is 1.24. The lowest BCUT2D eigenvalue weighted by Crippen LogP contribution is -2.35. The predicted octanol–water partition coefficient (Wildman–Crippen LogP) is 4.53. The average molecular weight is 589 g/mol. The number of aryl methyl sites for hydroxylation is 1. The summed E-state index contributed by atoms with van der Waals surface area (Å²) in [6, 6.07) is 7.91. The number of ether oxygens (including phenoxy) is 1. The monoisotopic (exact) mass is 588 g/mol. The Hall–Kier alpha value is -4.00. The van der Waals surface area contributed by atoms with E-state index in [1.165, 1.54) is 30.0 Å². The van der Waals surface area contributed by atoms with Crippen LogP contribution in [0.5, 0.6) is 0 Å². The molecule has 1 N–H and O–H groups in total. The molecule has 224 valence electrons. The van der Waals surface area contributed by atoms with Crippen LogP contribution in [0.1, 0.15) is 45.3 Å². The molecule has 0 radical (unpaired) electrons. The Morgan fingerprint density at radius 1 is 1.10 bits per heavy atom. The lowest BCUT2D eigenvalue weighted by atomic mass is 10.0. The topological polar surface area (TPSA) is 92.6 Å². The number of pyridine rings is 1. The minimum atomic E-state index is -4.49. The lowest BCUT2D eigenvalue weighted by molar-refractivity contribution is -0.137. The molecule has 0 bridgehead atoms. The zero-order chi connectivity index (χ0) is 30.2. The van der Waals surface area contributed by atoms with E-state index in [1.54, 1.807) is 26.0 Å². The number of rotatable bonds is 7. The zero-order valence-corrected chi connectivity index (χ0v) is 23.5. The van der Waals surface area contributed by atoms with E-state index >= 15 is 0 Å². The Bertz CT molecular complexity index is 1440. The Kier molecular flexibility index (Phi) is 8.22. The molecule has 5 rings (SSSR count). The number of fused-ring (bicyclic) bond motifs is 1. The largest absolute Gasteiger partial charge is 0.453 e. The van der Waals surface area contributed by atoms with Crippen molar-refractivity contribution in [3.63, 3.8) is 0 Å². The van der Waals surface area contributed by atoms with Crippen LogP contribution in [0, 0.1) is 31.5 Å². The molecule has 3 aromatic rings. The van der Waals surface area contributed by atoms with Crippen LogP contribution in [0.2, 0.25) is 0 Å². The van der Waals surface area contributed by atoms with Crippen LogP contribution in [0.3, 0.4) is 0 Å². The third-order valence-electron chi connectivity index (χ3n) is 8.11. The number of likely N-dealkylation sites (tertiary alicyclic amines) is 2. The first-order valence-electron chi connectivity index (χ1n) is 13.7. The first-order valence-corrected chi connectivity index (χ1v) is 13.7. The van der Waals surface area contributed by atoms with E-state index in [-0.39, 0.29) is 29.4 Å². The maximum atomic E-state index is 13.8. The average Bonchev–Trinajstić information content (AvgIpc) is 3.61. The third-order valence-corrected chi connectivity index (χ3v) is 8.11. The summed E-state index contributed by atoms with van der Waals surface area (Å²) in [4.78, 5) is 33.5. The molecule has 42 heavy (non-hydrogen) atoms. The molecule has 13 heteroatoms. The van der Waals surface area contributed by atoms with Gasteiger partial charge < -0.3 is 19.9 Å². The van der Waals surface area contributed by atoms with E-state index in [2.05, 4.69) is 20.3 Å². The van der Waals surface area contributed by atoms with Gasteiger partial charge in [-0.3, -0.25) is 4.79 Å². The van der Waals surface area contributed by atoms with Gasteiger partial charge in [0.1, 0.15) is 5.82 Å². The van der Waals surface area contributed by atoms with Gasteiger partial charge in [-0.15, -0.1) is 0 Å². The number of hydrogen-bond donors (Lipinski definition) is 1. The molecular weight excluding hydrogens is 556 g/mol. The molecular formula is C29H32F4N6O3. The molecule has 0 spiro atoms. The Labute approximate surface area is 240 Å². The van der Waals surface area contributed by atoms with E-state index in [1.807, 2.05) is 4.90 Å². The number of carbonyl (C=O) groups is 2. The number of halogens is 4. The predicted molar refractivity (Wildman–Crippen MR) is 144 cm³/mol. The molecule has 1 aromatic carbocycles. The van der Waals surface area contributed by atoms with Crippen molar-refractivity contribution in [1.82, 2.24) is 29.9 Å². The van der Waals surface area contributed by atoms with E-state index < -0.39 is 23.9 Å². The third kappa shape index (κ3) is 6.10. The van der Waals surface area contributed by atoms with Gasteiger partial charge in [-0.05, 0) is 61.9 Å². The second kappa shape index (κ2) is 11.7. The first-order chi connectivity index (χ1) is 19.9. The fourth-order valence-corrected chi connectivity index (χ4v) is 6.01. The van der Waals surface area contributed by atoms with Crippen molar-refractivity contribution >= 4 is 12.0 Å². The molecule has 9 nitrogen and oxygen atoms in total. The Morgan fingerprint density at radius 2 is 1.81 bits per heavy atom. The van der Waals surface area contributed by atoms with Crippen LogP contribution in [0.15, 0.2) is 42.6 Å². The normalized spacial score (nSPS) is 19.5. The van der Waals surface area contributed by atoms with Crippen LogP contribution < -0.4 is 5.32 Å². The van der Waals surface area contributed by atoms with E-state index in [4.69, 9.17) is 4.74 Å². The van der Waals surface area contributed by atoms with Crippen molar-refractivity contribution < 1.29 is 31.9 Å². The number of hydrogen-bond acceptors (Lipinski definition) is 6. The van der Waals surface area contributed by atoms with Gasteiger partial charge in [0.15, 0.2) is 5.82 Å². The lowest BCUT2D eigenvalue weighted by Gasteiger charge is -2.24. The highest BCUT2D eigenvalue weighted by molar-refractivity contribution is 5.96. The Balaban J connectivity index is 1.21. The minimum absolute atomic E-state index is 0.155. The standard InChI is InChI=1S/C29H32F4N6O3/c1-17-26(18(2)39(36-17)25-8-7-22(12-34-25)29(31,32)33)27(40)38-15-20-13-37(14-21(20)16-38)10-9-24(35-28(41)42-3)19-5-4-6-23(30)11-19/h4-8,11-12,20-21,24H,9-10,13-16H2,1-3H3,(H,35,41)/t20-,21?,24?/m0/s1. The van der Waals surface area contributed by atoms with Crippen LogP contribution >= 0.6 is 0 Å². The molecule has 0 aliphatic carbocycles. The van der Waals surface area contributed by atoms with Gasteiger partial charge in [-0.25, -0.2) is 18.9 Å². The highest BCUT2D eigenvalue weighted by Gasteiger charge is 2.42. The van der Waals surface area contributed by atoms with Crippen molar-refractivity contribution in [2.24, 2.45) is 11.8 Å². The van der Waals surface area contributed by atoms with Crippen molar-refractivity contribution in [2.45, 2.75) is 32.5 Å². The molecule has 2 fully saturated rings. The summed E-state index contributed by atoms with van der Waals surface area (Å²) >= 11 is 0. The maximum Gasteiger partial charge on any atom is 0.417 e. The molecule has 2 aliphatic heterocycles. The second-order valence-electron chi connectivity index (χ2n) is 10.9. The maximum absolute atomic E-state index is 13.8. The van der Waals surface area contributed by atoms with Gasteiger partial charge in [-0.1, -0.05) is 12.1 Å². The van der Waals surface area contributed by atoms with Gasteiger partial charge >= 0.3 is 12.3 Å². The quantitative estimate of drug-likeness (QED) is 0.408. The summed E-state index contributed by atoms with van der Waals surface area (Å²) in [6.07, 6.45) is -3.75. The minimum Gasteiger partial charge on any atom is -0.453 e. The molecule has 3 atom stereocenters.